The van der Waals surface area contributed by atoms with Gasteiger partial charge in [-0.2, -0.15) is 0 Å². The first-order valence-electron chi connectivity index (χ1n) is 12.4. The fourth-order valence-electron chi connectivity index (χ4n) is 3.99. The summed E-state index contributed by atoms with van der Waals surface area (Å²) in [4.78, 5) is 25.4. The molecule has 0 bridgehead atoms. The second-order valence-electron chi connectivity index (χ2n) is 9.02. The molecular weight excluding hydrogens is 620 g/mol. The smallest absolute Gasteiger partial charge is 0.407 e. The molecule has 2 unspecified atom stereocenters. The number of aromatic nitrogens is 1. The van der Waals surface area contributed by atoms with Gasteiger partial charge in [-0.05, 0) is 54.5 Å². The van der Waals surface area contributed by atoms with Crippen molar-refractivity contribution in [1.82, 2.24) is 10.3 Å². The molecule has 10 nitrogen and oxygen atoms in total. The molecule has 0 radical (unpaired) electrons. The third-order valence-corrected chi connectivity index (χ3v) is 8.76. The topological polar surface area (TPSA) is 144 Å². The number of ether oxygens (including phenoxy) is 2. The van der Waals surface area contributed by atoms with Crippen LogP contribution in [0.5, 0.6) is 11.5 Å². The Bertz CT molecular complexity index is 1470. The van der Waals surface area contributed by atoms with Crippen molar-refractivity contribution < 1.29 is 37.0 Å². The van der Waals surface area contributed by atoms with Gasteiger partial charge in [-0.25, -0.2) is 22.6 Å². The summed E-state index contributed by atoms with van der Waals surface area (Å²) in [7, 11) is -4.29. The summed E-state index contributed by atoms with van der Waals surface area (Å²) in [5, 5.41) is 12.8. The number of nitrogens with one attached hydrogen (secondary N) is 2. The van der Waals surface area contributed by atoms with Gasteiger partial charge in [-0.15, -0.1) is 11.3 Å². The van der Waals surface area contributed by atoms with Crippen molar-refractivity contribution in [1.29, 1.82) is 0 Å². The fourth-order valence-corrected chi connectivity index (χ4v) is 6.31. The number of carboxylic acid groups (broad SMARTS) is 1. The molecule has 2 atom stereocenters. The zero-order valence-corrected chi connectivity index (χ0v) is 25.2. The number of benzene rings is 2. The molecule has 0 aliphatic carbocycles. The standard InChI is InChI=1S/C26H28Cl2FN3O7S2/c1-3-16(6-8-38-26(35)31-14-24(33)34)10-15(2)18-11-17(27)4-5-21(18)39-22-13-20(29)23(12-19(22)28)41(36,37)32-25-30-7-9-40-25/h4-5,7,9,11-13,15-16H,3,6,8,10,14H2,1-2H3,(H,30,32)(H,31,35)(H,33,34). The Morgan fingerprint density at radius 2 is 1.95 bits per heavy atom. The first-order chi connectivity index (χ1) is 19.4. The Balaban J connectivity index is 1.73. The minimum absolute atomic E-state index is 0.0824. The van der Waals surface area contributed by atoms with E-state index < -0.39 is 39.3 Å². The fraction of sp³-hybridized carbons (Fsp3) is 0.346. The molecule has 0 aliphatic heterocycles. The normalized spacial score (nSPS) is 12.8. The number of halogens is 3. The molecule has 2 aromatic carbocycles. The van der Waals surface area contributed by atoms with E-state index in [-0.39, 0.29) is 34.3 Å². The highest BCUT2D eigenvalue weighted by Gasteiger charge is 2.24. The number of aliphatic carboxylic acids is 1. The van der Waals surface area contributed by atoms with Crippen LogP contribution in [0.15, 0.2) is 46.8 Å². The van der Waals surface area contributed by atoms with Gasteiger partial charge in [0.1, 0.15) is 28.8 Å². The van der Waals surface area contributed by atoms with Crippen LogP contribution in [-0.2, 0) is 19.6 Å². The number of carboxylic acids is 1. The van der Waals surface area contributed by atoms with Crippen LogP contribution in [0.1, 0.15) is 44.6 Å². The number of hydrogen-bond donors (Lipinski definition) is 3. The van der Waals surface area contributed by atoms with Crippen LogP contribution >= 0.6 is 34.5 Å². The van der Waals surface area contributed by atoms with Gasteiger partial charge in [0.25, 0.3) is 10.0 Å². The van der Waals surface area contributed by atoms with E-state index in [4.69, 9.17) is 37.8 Å². The van der Waals surface area contributed by atoms with E-state index >= 15 is 0 Å². The monoisotopic (exact) mass is 647 g/mol. The minimum Gasteiger partial charge on any atom is -0.480 e. The first-order valence-corrected chi connectivity index (χ1v) is 15.5. The van der Waals surface area contributed by atoms with Crippen molar-refractivity contribution >= 4 is 61.8 Å². The Labute approximate surface area is 250 Å². The van der Waals surface area contributed by atoms with Crippen molar-refractivity contribution in [3.8, 4) is 11.5 Å². The highest BCUT2D eigenvalue weighted by Crippen LogP contribution is 2.40. The molecule has 3 rings (SSSR count). The molecule has 0 aliphatic rings. The maximum Gasteiger partial charge on any atom is 0.407 e. The largest absolute Gasteiger partial charge is 0.480 e. The number of hydrogen-bond acceptors (Lipinski definition) is 8. The summed E-state index contributed by atoms with van der Waals surface area (Å²) in [5.41, 5.74) is 0.717. The van der Waals surface area contributed by atoms with Gasteiger partial charge in [0.15, 0.2) is 5.13 Å². The Hall–Kier alpha value is -3.13. The van der Waals surface area contributed by atoms with Gasteiger partial charge >= 0.3 is 12.1 Å². The van der Waals surface area contributed by atoms with Gasteiger partial charge in [-0.1, -0.05) is 43.5 Å². The molecule has 0 fully saturated rings. The minimum atomic E-state index is -4.29. The average Bonchev–Trinajstić information content (AvgIpc) is 3.41. The zero-order valence-electron chi connectivity index (χ0n) is 22.0. The molecule has 3 aromatic rings. The first kappa shape index (κ1) is 32.4. The number of anilines is 1. The number of amides is 1. The second kappa shape index (κ2) is 14.7. The molecule has 41 heavy (non-hydrogen) atoms. The van der Waals surface area contributed by atoms with E-state index in [0.29, 0.717) is 23.6 Å². The van der Waals surface area contributed by atoms with Crippen molar-refractivity contribution in [3.05, 3.63) is 63.3 Å². The van der Waals surface area contributed by atoms with Gasteiger partial charge < -0.3 is 19.9 Å². The van der Waals surface area contributed by atoms with E-state index in [2.05, 4.69) is 15.0 Å². The van der Waals surface area contributed by atoms with Crippen LogP contribution in [0.25, 0.3) is 0 Å². The average molecular weight is 649 g/mol. The summed E-state index contributed by atoms with van der Waals surface area (Å²) < 4.78 is 53.6. The van der Waals surface area contributed by atoms with Gasteiger partial charge in [0.2, 0.25) is 0 Å². The number of thiazole rings is 1. The van der Waals surface area contributed by atoms with E-state index in [1.165, 1.54) is 6.20 Å². The molecule has 222 valence electrons. The number of alkyl carbamates (subject to hydrolysis) is 1. The van der Waals surface area contributed by atoms with Crippen LogP contribution < -0.4 is 14.8 Å². The molecule has 0 saturated carbocycles. The number of rotatable bonds is 14. The van der Waals surface area contributed by atoms with Crippen LogP contribution in [0.3, 0.4) is 0 Å². The summed E-state index contributed by atoms with van der Waals surface area (Å²) in [6.45, 7) is 3.54. The van der Waals surface area contributed by atoms with Crippen molar-refractivity contribution in [3.63, 3.8) is 0 Å². The predicted molar refractivity (Wildman–Crippen MR) is 154 cm³/mol. The number of sulfonamides is 1. The van der Waals surface area contributed by atoms with Gasteiger partial charge in [-0.3, -0.25) is 9.52 Å². The number of carbonyl (C=O) groups excluding carboxylic acids is 1. The summed E-state index contributed by atoms with van der Waals surface area (Å²) in [5.74, 6) is -1.91. The summed E-state index contributed by atoms with van der Waals surface area (Å²) in [6.07, 6.45) is 2.59. The van der Waals surface area contributed by atoms with Crippen LogP contribution in [0.2, 0.25) is 10.0 Å². The summed E-state index contributed by atoms with van der Waals surface area (Å²) >= 11 is 13.6. The van der Waals surface area contributed by atoms with Gasteiger partial charge in [0.05, 0.1) is 11.6 Å². The third-order valence-electron chi connectivity index (χ3n) is 6.06. The molecule has 3 N–H and O–H groups in total. The van der Waals surface area contributed by atoms with E-state index in [1.807, 2.05) is 13.8 Å². The van der Waals surface area contributed by atoms with Crippen LogP contribution in [0, 0.1) is 11.7 Å². The number of nitrogens with zero attached hydrogens (tertiary/aromatic N) is 1. The Morgan fingerprint density at radius 3 is 2.61 bits per heavy atom. The lowest BCUT2D eigenvalue weighted by atomic mass is 9.87. The molecule has 15 heteroatoms. The molecule has 0 saturated heterocycles. The molecule has 1 amide bonds. The second-order valence-corrected chi connectivity index (χ2v) is 12.4. The molecular formula is C26H28Cl2FN3O7S2. The number of carbonyl (C=O) groups is 2. The lowest BCUT2D eigenvalue weighted by molar-refractivity contribution is -0.135. The SMILES string of the molecule is CCC(CCOC(=O)NCC(=O)O)CC(C)c1cc(Cl)ccc1Oc1cc(F)c(S(=O)(=O)Nc2nccs2)cc1Cl. The van der Waals surface area contributed by atoms with E-state index in [9.17, 15) is 22.4 Å². The van der Waals surface area contributed by atoms with Gasteiger partial charge in [0, 0.05) is 22.7 Å². The lowest BCUT2D eigenvalue weighted by Gasteiger charge is -2.22. The quantitative estimate of drug-likeness (QED) is 0.171. The van der Waals surface area contributed by atoms with E-state index in [1.54, 1.807) is 23.6 Å². The van der Waals surface area contributed by atoms with Crippen molar-refractivity contribution in [2.24, 2.45) is 5.92 Å². The highest BCUT2D eigenvalue weighted by molar-refractivity contribution is 7.93. The Morgan fingerprint density at radius 1 is 1.20 bits per heavy atom. The van der Waals surface area contributed by atoms with E-state index in [0.717, 1.165) is 35.5 Å². The highest BCUT2D eigenvalue weighted by atomic mass is 35.5. The lowest BCUT2D eigenvalue weighted by Crippen LogP contribution is -2.30. The predicted octanol–water partition coefficient (Wildman–Crippen LogP) is 6.90. The molecule has 1 heterocycles. The molecule has 0 spiro atoms. The maximum absolute atomic E-state index is 15.0. The summed E-state index contributed by atoms with van der Waals surface area (Å²) in [6, 6.07) is 6.83. The van der Waals surface area contributed by atoms with Crippen molar-refractivity contribution in [2.75, 3.05) is 17.9 Å². The zero-order chi connectivity index (χ0) is 30.2. The third kappa shape index (κ3) is 9.45. The van der Waals surface area contributed by atoms with Crippen molar-refractivity contribution in [2.45, 2.75) is 43.9 Å². The Kier molecular flexibility index (Phi) is 11.6. The molecule has 1 aromatic heterocycles. The van der Waals surface area contributed by atoms with Crippen LogP contribution in [-0.4, -0.2) is 43.7 Å². The van der Waals surface area contributed by atoms with Crippen LogP contribution in [0.4, 0.5) is 14.3 Å². The maximum atomic E-state index is 15.0.